The molecule has 0 fully saturated rings. The molecule has 0 atom stereocenters. The first-order chi connectivity index (χ1) is 8.84. The number of hydrogen-bond donors (Lipinski definition) is 2. The van der Waals surface area contributed by atoms with Gasteiger partial charge in [0, 0.05) is 12.0 Å². The summed E-state index contributed by atoms with van der Waals surface area (Å²) < 4.78 is 1.67. The van der Waals surface area contributed by atoms with Gasteiger partial charge in [-0.05, 0) is 6.42 Å². The Morgan fingerprint density at radius 1 is 1.37 bits per heavy atom. The van der Waals surface area contributed by atoms with Crippen molar-refractivity contribution in [2.24, 2.45) is 0 Å². The van der Waals surface area contributed by atoms with Gasteiger partial charge in [0.1, 0.15) is 17.0 Å². The molecule has 0 amide bonds. The molecule has 2 heterocycles. The molecule has 0 saturated carbocycles. The first kappa shape index (κ1) is 13.6. The standard InChI is InChI=1S/C13H21N5O/c1-5-6-7-18-9(14)8-10(17-18)15-12(13(2,3)4)16-11(8)19/h5-7,14H2,1-4H3,(H,15,16,17,19). The Hall–Kier alpha value is -1.85. The van der Waals surface area contributed by atoms with Crippen molar-refractivity contribution in [3.05, 3.63) is 16.2 Å². The molecule has 0 bridgehead atoms. The van der Waals surface area contributed by atoms with Crippen LogP contribution in [-0.4, -0.2) is 19.7 Å². The highest BCUT2D eigenvalue weighted by Gasteiger charge is 2.21. The van der Waals surface area contributed by atoms with E-state index in [0.29, 0.717) is 29.2 Å². The molecule has 19 heavy (non-hydrogen) atoms. The summed E-state index contributed by atoms with van der Waals surface area (Å²) in [5.74, 6) is 1.03. The van der Waals surface area contributed by atoms with Crippen LogP contribution in [-0.2, 0) is 12.0 Å². The summed E-state index contributed by atoms with van der Waals surface area (Å²) in [4.78, 5) is 19.4. The average molecular weight is 263 g/mol. The van der Waals surface area contributed by atoms with Crippen LogP contribution in [0, 0.1) is 0 Å². The number of anilines is 1. The number of unbranched alkanes of at least 4 members (excludes halogenated alkanes) is 1. The summed E-state index contributed by atoms with van der Waals surface area (Å²) in [6, 6.07) is 0. The van der Waals surface area contributed by atoms with Crippen LogP contribution in [0.3, 0.4) is 0 Å². The highest BCUT2D eigenvalue weighted by molar-refractivity contribution is 5.85. The van der Waals surface area contributed by atoms with Crippen molar-refractivity contribution in [2.45, 2.75) is 52.5 Å². The van der Waals surface area contributed by atoms with E-state index in [1.54, 1.807) is 4.68 Å². The lowest BCUT2D eigenvalue weighted by Crippen LogP contribution is -2.22. The molecule has 0 spiro atoms. The summed E-state index contributed by atoms with van der Waals surface area (Å²) in [6.07, 6.45) is 2.02. The molecule has 2 aromatic heterocycles. The van der Waals surface area contributed by atoms with Crippen molar-refractivity contribution in [3.63, 3.8) is 0 Å². The van der Waals surface area contributed by atoms with Crippen LogP contribution in [0.2, 0.25) is 0 Å². The van der Waals surface area contributed by atoms with Gasteiger partial charge in [-0.1, -0.05) is 34.1 Å². The van der Waals surface area contributed by atoms with Crippen molar-refractivity contribution in [1.29, 1.82) is 0 Å². The number of fused-ring (bicyclic) bond motifs is 1. The van der Waals surface area contributed by atoms with Crippen LogP contribution in [0.4, 0.5) is 5.82 Å². The summed E-state index contributed by atoms with van der Waals surface area (Å²) in [7, 11) is 0. The van der Waals surface area contributed by atoms with E-state index in [0.717, 1.165) is 12.8 Å². The van der Waals surface area contributed by atoms with E-state index in [9.17, 15) is 4.79 Å². The molecule has 2 aromatic rings. The van der Waals surface area contributed by atoms with Crippen LogP contribution in [0.1, 0.15) is 46.4 Å². The predicted octanol–water partition coefficient (Wildman–Crippen LogP) is 1.80. The number of aromatic amines is 1. The number of rotatable bonds is 3. The molecular formula is C13H21N5O. The summed E-state index contributed by atoms with van der Waals surface area (Å²) in [6.45, 7) is 8.79. The van der Waals surface area contributed by atoms with Crippen LogP contribution < -0.4 is 11.3 Å². The highest BCUT2D eigenvalue weighted by Crippen LogP contribution is 2.21. The van der Waals surface area contributed by atoms with Crippen LogP contribution in [0.25, 0.3) is 11.0 Å². The minimum atomic E-state index is -0.227. The number of aryl methyl sites for hydroxylation is 1. The number of hydrogen-bond acceptors (Lipinski definition) is 4. The maximum atomic E-state index is 12.1. The second-order valence-electron chi connectivity index (χ2n) is 5.83. The minimum absolute atomic E-state index is 0.213. The molecule has 2 rings (SSSR count). The molecule has 6 nitrogen and oxygen atoms in total. The van der Waals surface area contributed by atoms with Crippen molar-refractivity contribution < 1.29 is 0 Å². The zero-order chi connectivity index (χ0) is 14.2. The van der Waals surface area contributed by atoms with Gasteiger partial charge < -0.3 is 10.7 Å². The molecule has 104 valence electrons. The van der Waals surface area contributed by atoms with Gasteiger partial charge >= 0.3 is 0 Å². The smallest absolute Gasteiger partial charge is 0.264 e. The number of nitrogens with zero attached hydrogens (tertiary/aromatic N) is 3. The van der Waals surface area contributed by atoms with Gasteiger partial charge in [0.2, 0.25) is 0 Å². The Bertz CT molecular complexity index is 647. The van der Waals surface area contributed by atoms with Gasteiger partial charge in [-0.3, -0.25) is 4.79 Å². The van der Waals surface area contributed by atoms with E-state index >= 15 is 0 Å². The lowest BCUT2D eigenvalue weighted by atomic mass is 9.96. The topological polar surface area (TPSA) is 89.6 Å². The van der Waals surface area contributed by atoms with E-state index in [2.05, 4.69) is 22.0 Å². The minimum Gasteiger partial charge on any atom is -0.383 e. The molecule has 0 radical (unpaired) electrons. The molecule has 0 aliphatic heterocycles. The van der Waals surface area contributed by atoms with Crippen molar-refractivity contribution in [1.82, 2.24) is 19.7 Å². The molecule has 6 heteroatoms. The van der Waals surface area contributed by atoms with Crippen LogP contribution in [0.15, 0.2) is 4.79 Å². The SMILES string of the molecule is CCCCn1nc2nc(C(C)(C)C)[nH]c(=O)c2c1N. The largest absolute Gasteiger partial charge is 0.383 e. The van der Waals surface area contributed by atoms with Gasteiger partial charge in [-0.25, -0.2) is 9.67 Å². The normalized spacial score (nSPS) is 12.2. The predicted molar refractivity (Wildman–Crippen MR) is 76.2 cm³/mol. The lowest BCUT2D eigenvalue weighted by molar-refractivity contribution is 0.544. The Morgan fingerprint density at radius 2 is 2.05 bits per heavy atom. The molecule has 0 aliphatic carbocycles. The molecular weight excluding hydrogens is 242 g/mol. The van der Waals surface area contributed by atoms with Gasteiger partial charge in [0.05, 0.1) is 0 Å². The number of nitrogens with one attached hydrogen (secondary N) is 1. The third-order valence-corrected chi connectivity index (χ3v) is 3.08. The van der Waals surface area contributed by atoms with Gasteiger partial charge in [0.15, 0.2) is 5.65 Å². The van der Waals surface area contributed by atoms with E-state index < -0.39 is 0 Å². The maximum Gasteiger partial charge on any atom is 0.264 e. The monoisotopic (exact) mass is 263 g/mol. The zero-order valence-electron chi connectivity index (χ0n) is 11.9. The third-order valence-electron chi connectivity index (χ3n) is 3.08. The summed E-state index contributed by atoms with van der Waals surface area (Å²) in [5, 5.41) is 4.74. The molecule has 3 N–H and O–H groups in total. The van der Waals surface area contributed by atoms with E-state index in [1.165, 1.54) is 0 Å². The van der Waals surface area contributed by atoms with E-state index in [-0.39, 0.29) is 11.0 Å². The van der Waals surface area contributed by atoms with E-state index in [1.807, 2.05) is 20.8 Å². The van der Waals surface area contributed by atoms with Crippen molar-refractivity contribution in [3.8, 4) is 0 Å². The quantitative estimate of drug-likeness (QED) is 0.883. The number of nitrogen functional groups attached to an aromatic ring is 1. The Kier molecular flexibility index (Phi) is 3.34. The Morgan fingerprint density at radius 3 is 2.63 bits per heavy atom. The summed E-state index contributed by atoms with van der Waals surface area (Å²) in [5.41, 5.74) is 5.97. The summed E-state index contributed by atoms with van der Waals surface area (Å²) >= 11 is 0. The van der Waals surface area contributed by atoms with E-state index in [4.69, 9.17) is 5.73 Å². The fourth-order valence-corrected chi connectivity index (χ4v) is 1.90. The maximum absolute atomic E-state index is 12.1. The fraction of sp³-hybridized carbons (Fsp3) is 0.615. The van der Waals surface area contributed by atoms with Crippen molar-refractivity contribution >= 4 is 16.9 Å². The fourth-order valence-electron chi connectivity index (χ4n) is 1.90. The zero-order valence-corrected chi connectivity index (χ0v) is 11.9. The van der Waals surface area contributed by atoms with Gasteiger partial charge in [-0.15, -0.1) is 0 Å². The molecule has 0 aliphatic rings. The van der Waals surface area contributed by atoms with Crippen LogP contribution >= 0.6 is 0 Å². The number of H-pyrrole nitrogens is 1. The Labute approximate surface area is 112 Å². The molecule has 0 saturated heterocycles. The second-order valence-corrected chi connectivity index (χ2v) is 5.83. The highest BCUT2D eigenvalue weighted by atomic mass is 16.1. The van der Waals surface area contributed by atoms with Crippen LogP contribution in [0.5, 0.6) is 0 Å². The average Bonchev–Trinajstić information content (AvgIpc) is 2.63. The molecule has 0 aromatic carbocycles. The third kappa shape index (κ3) is 2.47. The second kappa shape index (κ2) is 4.68. The first-order valence-corrected chi connectivity index (χ1v) is 6.61. The first-order valence-electron chi connectivity index (χ1n) is 6.61. The lowest BCUT2D eigenvalue weighted by Gasteiger charge is -2.16. The molecule has 0 unspecified atom stereocenters. The Balaban J connectivity index is 2.60. The van der Waals surface area contributed by atoms with Gasteiger partial charge in [0.25, 0.3) is 5.56 Å². The van der Waals surface area contributed by atoms with Crippen molar-refractivity contribution in [2.75, 3.05) is 5.73 Å². The van der Waals surface area contributed by atoms with Gasteiger partial charge in [-0.2, -0.15) is 5.10 Å². The number of nitrogens with two attached hydrogens (primary N) is 1. The number of aromatic nitrogens is 4.